The van der Waals surface area contributed by atoms with Crippen LogP contribution in [0.5, 0.6) is 0 Å². The van der Waals surface area contributed by atoms with E-state index in [-0.39, 0.29) is 5.56 Å². The second-order valence-electron chi connectivity index (χ2n) is 6.90. The monoisotopic (exact) mass is 443 g/mol. The lowest BCUT2D eigenvalue weighted by atomic mass is 10.2. The molecule has 3 heterocycles. The molecule has 0 fully saturated rings. The first-order valence-corrected chi connectivity index (χ1v) is 11.7. The Morgan fingerprint density at radius 2 is 2.07 bits per heavy atom. The summed E-state index contributed by atoms with van der Waals surface area (Å²) in [6.45, 7) is 2.81. The molecule has 1 N–H and O–H groups in total. The van der Waals surface area contributed by atoms with Crippen molar-refractivity contribution in [1.29, 1.82) is 0 Å². The predicted molar refractivity (Wildman–Crippen MR) is 118 cm³/mol. The first-order chi connectivity index (χ1) is 14.1. The third-order valence-electron chi connectivity index (χ3n) is 5.10. The van der Waals surface area contributed by atoms with Gasteiger partial charge in [-0.05, 0) is 56.0 Å². The maximum absolute atomic E-state index is 12.6. The quantitative estimate of drug-likeness (QED) is 0.452. The van der Waals surface area contributed by atoms with Gasteiger partial charge in [-0.1, -0.05) is 23.4 Å². The number of fused-ring (bicyclic) bond motifs is 3. The van der Waals surface area contributed by atoms with Crippen LogP contribution >= 0.6 is 34.7 Å². The molecule has 29 heavy (non-hydrogen) atoms. The topological polar surface area (TPSA) is 76.5 Å². The Morgan fingerprint density at radius 3 is 2.86 bits per heavy atom. The van der Waals surface area contributed by atoms with Crippen LogP contribution in [0, 0.1) is 0 Å². The van der Waals surface area contributed by atoms with Gasteiger partial charge in [0.1, 0.15) is 10.7 Å². The summed E-state index contributed by atoms with van der Waals surface area (Å²) in [7, 11) is 0. The number of nitrogens with zero attached hydrogens (tertiary/aromatic N) is 4. The number of aryl methyl sites for hydroxylation is 2. The number of hydrogen-bond acceptors (Lipinski definition) is 6. The summed E-state index contributed by atoms with van der Waals surface area (Å²) in [6, 6.07) is 7.58. The van der Waals surface area contributed by atoms with E-state index < -0.39 is 0 Å². The van der Waals surface area contributed by atoms with Gasteiger partial charge >= 0.3 is 0 Å². The maximum atomic E-state index is 12.6. The van der Waals surface area contributed by atoms with Crippen molar-refractivity contribution in [2.45, 2.75) is 43.6 Å². The van der Waals surface area contributed by atoms with E-state index in [2.05, 4.69) is 26.7 Å². The van der Waals surface area contributed by atoms with Gasteiger partial charge in [-0.2, -0.15) is 0 Å². The van der Waals surface area contributed by atoms with E-state index >= 15 is 0 Å². The number of thiophene rings is 1. The molecule has 0 bridgehead atoms. The molecule has 148 valence electrons. The van der Waals surface area contributed by atoms with Crippen LogP contribution < -0.4 is 5.56 Å². The van der Waals surface area contributed by atoms with Gasteiger partial charge in [0.25, 0.3) is 5.56 Å². The van der Waals surface area contributed by atoms with E-state index in [9.17, 15) is 4.79 Å². The smallest absolute Gasteiger partial charge is 0.259 e. The number of thioether (sulfide) groups is 1. The highest BCUT2D eigenvalue weighted by molar-refractivity contribution is 7.98. The third-order valence-corrected chi connectivity index (χ3v) is 7.51. The average molecular weight is 444 g/mol. The highest BCUT2D eigenvalue weighted by atomic mass is 35.5. The summed E-state index contributed by atoms with van der Waals surface area (Å²) in [5.41, 5.74) is 2.15. The summed E-state index contributed by atoms with van der Waals surface area (Å²) >= 11 is 9.18. The molecule has 4 aromatic rings. The van der Waals surface area contributed by atoms with Gasteiger partial charge < -0.3 is 9.55 Å². The number of benzene rings is 1. The zero-order valence-corrected chi connectivity index (χ0v) is 18.1. The molecule has 5 rings (SSSR count). The molecule has 0 saturated heterocycles. The standard InChI is InChI=1S/C20H18ClN5OS2/c1-2-26-17(11-6-8-12(21)9-7-11)24-25-20(26)28-10-15-22-18(27)16-13-4-3-5-14(13)29-19(16)23-15/h6-9H,2-5,10H2,1H3,(H,22,23,27). The Morgan fingerprint density at radius 1 is 1.24 bits per heavy atom. The largest absolute Gasteiger partial charge is 0.309 e. The Balaban J connectivity index is 1.42. The van der Waals surface area contributed by atoms with Crippen molar-refractivity contribution in [3.05, 3.63) is 55.9 Å². The van der Waals surface area contributed by atoms with Crippen LogP contribution in [0.1, 0.15) is 29.6 Å². The zero-order chi connectivity index (χ0) is 20.0. The number of H-pyrrole nitrogens is 1. The van der Waals surface area contributed by atoms with Gasteiger partial charge in [0, 0.05) is 22.0 Å². The molecule has 0 spiro atoms. The molecule has 0 saturated carbocycles. The Labute approximate surface area is 180 Å². The van der Waals surface area contributed by atoms with Crippen LogP contribution in [0.4, 0.5) is 0 Å². The summed E-state index contributed by atoms with van der Waals surface area (Å²) in [5.74, 6) is 2.01. The number of aromatic amines is 1. The lowest BCUT2D eigenvalue weighted by molar-refractivity contribution is 0.687. The Hall–Kier alpha value is -2.16. The first kappa shape index (κ1) is 18.8. The fourth-order valence-electron chi connectivity index (χ4n) is 3.74. The van der Waals surface area contributed by atoms with Crippen LogP contribution in [0.15, 0.2) is 34.2 Å². The highest BCUT2D eigenvalue weighted by Gasteiger charge is 2.21. The van der Waals surface area contributed by atoms with E-state index in [1.54, 1.807) is 11.3 Å². The molecule has 0 aliphatic heterocycles. The molecule has 9 heteroatoms. The van der Waals surface area contributed by atoms with Crippen LogP contribution in [0.3, 0.4) is 0 Å². The SMILES string of the molecule is CCn1c(SCc2nc3sc4c(c3c(=O)[nH]2)CCC4)nnc1-c1ccc(Cl)cc1. The fourth-order valence-corrected chi connectivity index (χ4v) is 6.02. The number of rotatable bonds is 5. The van der Waals surface area contributed by atoms with E-state index in [1.807, 2.05) is 24.3 Å². The molecule has 3 aromatic heterocycles. The molecule has 0 atom stereocenters. The normalized spacial score (nSPS) is 13.3. The molecule has 0 unspecified atom stereocenters. The summed E-state index contributed by atoms with van der Waals surface area (Å²) in [4.78, 5) is 22.5. The van der Waals surface area contributed by atoms with Crippen molar-refractivity contribution in [1.82, 2.24) is 24.7 Å². The Kier molecular flexibility index (Phi) is 4.93. The predicted octanol–water partition coefficient (Wildman–Crippen LogP) is 4.70. The molecule has 6 nitrogen and oxygen atoms in total. The third kappa shape index (κ3) is 3.39. The van der Waals surface area contributed by atoms with E-state index in [0.717, 1.165) is 52.6 Å². The van der Waals surface area contributed by atoms with Crippen LogP contribution in [-0.2, 0) is 25.1 Å². The molecule has 0 radical (unpaired) electrons. The van der Waals surface area contributed by atoms with Crippen molar-refractivity contribution in [3.8, 4) is 11.4 Å². The summed E-state index contributed by atoms with van der Waals surface area (Å²) < 4.78 is 2.06. The van der Waals surface area contributed by atoms with E-state index in [0.29, 0.717) is 16.6 Å². The van der Waals surface area contributed by atoms with Crippen molar-refractivity contribution >= 4 is 44.9 Å². The van der Waals surface area contributed by atoms with Crippen LogP contribution in [0.25, 0.3) is 21.6 Å². The number of aromatic nitrogens is 5. The minimum absolute atomic E-state index is 0.0242. The van der Waals surface area contributed by atoms with Gasteiger partial charge in [0.2, 0.25) is 0 Å². The minimum Gasteiger partial charge on any atom is -0.309 e. The van der Waals surface area contributed by atoms with Gasteiger partial charge in [-0.15, -0.1) is 21.5 Å². The first-order valence-electron chi connectivity index (χ1n) is 9.49. The van der Waals surface area contributed by atoms with Gasteiger partial charge in [0.15, 0.2) is 11.0 Å². The average Bonchev–Trinajstić information content (AvgIpc) is 3.40. The van der Waals surface area contributed by atoms with Crippen LogP contribution in [0.2, 0.25) is 5.02 Å². The lowest BCUT2D eigenvalue weighted by Crippen LogP contribution is -2.11. The van der Waals surface area contributed by atoms with Crippen molar-refractivity contribution < 1.29 is 0 Å². The van der Waals surface area contributed by atoms with E-state index in [1.165, 1.54) is 22.2 Å². The van der Waals surface area contributed by atoms with E-state index in [4.69, 9.17) is 16.6 Å². The molecule has 1 aliphatic carbocycles. The van der Waals surface area contributed by atoms with Gasteiger partial charge in [0.05, 0.1) is 11.1 Å². The van der Waals surface area contributed by atoms with Gasteiger partial charge in [-0.3, -0.25) is 4.79 Å². The molecular formula is C20H18ClN5OS2. The van der Waals surface area contributed by atoms with Crippen molar-refractivity contribution in [2.24, 2.45) is 0 Å². The Bertz CT molecular complexity index is 1260. The second-order valence-corrected chi connectivity index (χ2v) is 9.36. The fraction of sp³-hybridized carbons (Fsp3) is 0.300. The highest BCUT2D eigenvalue weighted by Crippen LogP contribution is 2.35. The molecule has 1 aliphatic rings. The molecule has 1 aromatic carbocycles. The summed E-state index contributed by atoms with van der Waals surface area (Å²) in [5, 5.41) is 11.0. The lowest BCUT2D eigenvalue weighted by Gasteiger charge is -2.07. The number of hydrogen-bond donors (Lipinski definition) is 1. The zero-order valence-electron chi connectivity index (χ0n) is 15.7. The minimum atomic E-state index is -0.0242. The summed E-state index contributed by atoms with van der Waals surface area (Å²) in [6.07, 6.45) is 3.19. The van der Waals surface area contributed by atoms with Crippen molar-refractivity contribution in [3.63, 3.8) is 0 Å². The number of nitrogens with one attached hydrogen (secondary N) is 1. The van der Waals surface area contributed by atoms with Crippen LogP contribution in [-0.4, -0.2) is 24.7 Å². The number of halogens is 1. The van der Waals surface area contributed by atoms with Gasteiger partial charge in [-0.25, -0.2) is 4.98 Å². The molecular weight excluding hydrogens is 426 g/mol. The van der Waals surface area contributed by atoms with Crippen molar-refractivity contribution in [2.75, 3.05) is 0 Å². The molecule has 0 amide bonds. The second kappa shape index (κ2) is 7.59. The maximum Gasteiger partial charge on any atom is 0.259 e.